The lowest BCUT2D eigenvalue weighted by Crippen LogP contribution is -2.22. The molecule has 136 valence electrons. The average molecular weight is 376 g/mol. The van der Waals surface area contributed by atoms with Crippen LogP contribution in [0.15, 0.2) is 70.9 Å². The van der Waals surface area contributed by atoms with Crippen LogP contribution in [-0.2, 0) is 19.2 Å². The van der Waals surface area contributed by atoms with Crippen molar-refractivity contribution in [1.29, 1.82) is 0 Å². The van der Waals surface area contributed by atoms with E-state index < -0.39 is 0 Å². The van der Waals surface area contributed by atoms with Gasteiger partial charge in [0.25, 0.3) is 5.56 Å². The summed E-state index contributed by atoms with van der Waals surface area (Å²) in [4.78, 5) is 18.1. The average Bonchev–Trinajstić information content (AvgIpc) is 3.12. The van der Waals surface area contributed by atoms with Crippen molar-refractivity contribution in [2.75, 3.05) is 0 Å². The van der Waals surface area contributed by atoms with E-state index in [1.165, 1.54) is 0 Å². The van der Waals surface area contributed by atoms with Crippen LogP contribution in [0.3, 0.4) is 0 Å². The molecule has 0 aliphatic carbocycles. The van der Waals surface area contributed by atoms with Crippen molar-refractivity contribution in [2.24, 2.45) is 7.05 Å². The van der Waals surface area contributed by atoms with Crippen molar-refractivity contribution < 1.29 is 0 Å². The largest absolute Gasteiger partial charge is 0.276 e. The molecule has 2 aromatic heterocycles. The van der Waals surface area contributed by atoms with Crippen LogP contribution >= 0.6 is 11.8 Å². The Labute approximate surface area is 161 Å². The molecule has 2 aromatic carbocycles. The molecule has 0 unspecified atom stereocenters. The minimum atomic E-state index is -0.0322. The number of hydrogen-bond acceptors (Lipinski definition) is 4. The molecule has 0 N–H and O–H groups in total. The van der Waals surface area contributed by atoms with E-state index in [9.17, 15) is 4.79 Å². The minimum absolute atomic E-state index is 0.0322. The summed E-state index contributed by atoms with van der Waals surface area (Å²) in [6, 6.07) is 15.5. The first-order chi connectivity index (χ1) is 13.2. The highest BCUT2D eigenvalue weighted by Gasteiger charge is 2.15. The SMILES string of the molecule is CCc1ccccc1-n1c(SCc2cnn(C)c2)nc2ccccc2c1=O. The number of aryl methyl sites for hydroxylation is 2. The number of rotatable bonds is 5. The van der Waals surface area contributed by atoms with E-state index in [-0.39, 0.29) is 5.56 Å². The Morgan fingerprint density at radius 3 is 2.63 bits per heavy atom. The van der Waals surface area contributed by atoms with Crippen molar-refractivity contribution in [3.8, 4) is 5.69 Å². The van der Waals surface area contributed by atoms with Crippen molar-refractivity contribution in [1.82, 2.24) is 19.3 Å². The van der Waals surface area contributed by atoms with Crippen LogP contribution in [0.2, 0.25) is 0 Å². The second-order valence-corrected chi connectivity index (χ2v) is 7.29. The normalized spacial score (nSPS) is 11.2. The third-order valence-corrected chi connectivity index (χ3v) is 5.49. The third kappa shape index (κ3) is 3.40. The number of benzene rings is 2. The maximum Gasteiger partial charge on any atom is 0.266 e. The molecule has 0 radical (unpaired) electrons. The van der Waals surface area contributed by atoms with Crippen LogP contribution in [-0.4, -0.2) is 19.3 Å². The van der Waals surface area contributed by atoms with Gasteiger partial charge in [0.05, 0.1) is 22.8 Å². The fourth-order valence-electron chi connectivity index (χ4n) is 3.14. The van der Waals surface area contributed by atoms with Gasteiger partial charge in [0.1, 0.15) is 0 Å². The van der Waals surface area contributed by atoms with Crippen LogP contribution in [0.4, 0.5) is 0 Å². The first-order valence-corrected chi connectivity index (χ1v) is 9.86. The van der Waals surface area contributed by atoms with Crippen LogP contribution in [0.25, 0.3) is 16.6 Å². The zero-order chi connectivity index (χ0) is 18.8. The van der Waals surface area contributed by atoms with Crippen LogP contribution in [0, 0.1) is 0 Å². The Morgan fingerprint density at radius 1 is 1.07 bits per heavy atom. The zero-order valence-corrected chi connectivity index (χ0v) is 16.1. The highest BCUT2D eigenvalue weighted by Crippen LogP contribution is 2.26. The molecule has 5 nitrogen and oxygen atoms in total. The Morgan fingerprint density at radius 2 is 1.85 bits per heavy atom. The van der Waals surface area contributed by atoms with Gasteiger partial charge in [0.15, 0.2) is 5.16 Å². The van der Waals surface area contributed by atoms with Crippen LogP contribution < -0.4 is 5.56 Å². The van der Waals surface area contributed by atoms with E-state index in [0.717, 1.165) is 28.8 Å². The standard InChI is InChI=1S/C21H20N4OS/c1-3-16-8-4-7-11-19(16)25-20(26)17-9-5-6-10-18(17)23-21(25)27-14-15-12-22-24(2)13-15/h4-13H,3,14H2,1-2H3. The van der Waals surface area contributed by atoms with E-state index in [2.05, 4.69) is 18.1 Å². The number of aromatic nitrogens is 4. The molecule has 0 spiro atoms. The quantitative estimate of drug-likeness (QED) is 0.391. The van der Waals surface area contributed by atoms with Crippen molar-refractivity contribution >= 4 is 22.7 Å². The highest BCUT2D eigenvalue weighted by atomic mass is 32.2. The van der Waals surface area contributed by atoms with E-state index in [1.54, 1.807) is 21.0 Å². The monoisotopic (exact) mass is 376 g/mol. The molecule has 0 aliphatic rings. The van der Waals surface area contributed by atoms with Gasteiger partial charge in [-0.3, -0.25) is 14.0 Å². The first kappa shape index (κ1) is 17.5. The molecular formula is C21H20N4OS. The molecule has 0 aliphatic heterocycles. The van der Waals surface area contributed by atoms with Crippen LogP contribution in [0.1, 0.15) is 18.1 Å². The molecule has 0 fully saturated rings. The van der Waals surface area contributed by atoms with E-state index >= 15 is 0 Å². The van der Waals surface area contributed by atoms with E-state index in [1.807, 2.05) is 61.9 Å². The molecule has 2 heterocycles. The second kappa shape index (κ2) is 7.40. The summed E-state index contributed by atoms with van der Waals surface area (Å²) < 4.78 is 3.53. The summed E-state index contributed by atoms with van der Waals surface area (Å²) in [6.45, 7) is 2.10. The molecule has 0 saturated carbocycles. The van der Waals surface area contributed by atoms with Gasteiger partial charge in [-0.2, -0.15) is 5.10 Å². The highest BCUT2D eigenvalue weighted by molar-refractivity contribution is 7.98. The number of nitrogens with zero attached hydrogens (tertiary/aromatic N) is 4. The fraction of sp³-hybridized carbons (Fsp3) is 0.190. The van der Waals surface area contributed by atoms with Crippen LogP contribution in [0.5, 0.6) is 0 Å². The van der Waals surface area contributed by atoms with Gasteiger partial charge >= 0.3 is 0 Å². The summed E-state index contributed by atoms with van der Waals surface area (Å²) in [5.74, 6) is 0.701. The smallest absolute Gasteiger partial charge is 0.266 e. The Bertz CT molecular complexity index is 1160. The number of thioether (sulfide) groups is 1. The van der Waals surface area contributed by atoms with Crippen molar-refractivity contribution in [3.63, 3.8) is 0 Å². The zero-order valence-electron chi connectivity index (χ0n) is 15.3. The number of fused-ring (bicyclic) bond motifs is 1. The molecule has 0 atom stereocenters. The fourth-order valence-corrected chi connectivity index (χ4v) is 4.06. The summed E-state index contributed by atoms with van der Waals surface area (Å²) in [6.07, 6.45) is 4.68. The first-order valence-electron chi connectivity index (χ1n) is 8.87. The molecule has 4 aromatic rings. The summed E-state index contributed by atoms with van der Waals surface area (Å²) in [7, 11) is 1.90. The van der Waals surface area contributed by atoms with E-state index in [4.69, 9.17) is 4.98 Å². The van der Waals surface area contributed by atoms with Gasteiger partial charge in [0.2, 0.25) is 0 Å². The second-order valence-electron chi connectivity index (χ2n) is 6.35. The molecule has 0 amide bonds. The summed E-state index contributed by atoms with van der Waals surface area (Å²) >= 11 is 1.56. The summed E-state index contributed by atoms with van der Waals surface area (Å²) in [5, 5.41) is 5.55. The lowest BCUT2D eigenvalue weighted by atomic mass is 10.1. The van der Waals surface area contributed by atoms with Gasteiger partial charge in [-0.25, -0.2) is 4.98 Å². The molecule has 6 heteroatoms. The molecule has 27 heavy (non-hydrogen) atoms. The molecular weight excluding hydrogens is 356 g/mol. The minimum Gasteiger partial charge on any atom is -0.276 e. The number of para-hydroxylation sites is 2. The van der Waals surface area contributed by atoms with Gasteiger partial charge in [-0.1, -0.05) is 49.0 Å². The maximum atomic E-state index is 13.3. The number of hydrogen-bond donors (Lipinski definition) is 0. The van der Waals surface area contributed by atoms with Crippen molar-refractivity contribution in [3.05, 3.63) is 82.4 Å². The van der Waals surface area contributed by atoms with Gasteiger partial charge in [0, 0.05) is 24.6 Å². The lowest BCUT2D eigenvalue weighted by molar-refractivity contribution is 0.767. The lowest BCUT2D eigenvalue weighted by Gasteiger charge is -2.15. The van der Waals surface area contributed by atoms with Gasteiger partial charge in [-0.15, -0.1) is 0 Å². The molecule has 0 bridgehead atoms. The van der Waals surface area contributed by atoms with Gasteiger partial charge < -0.3 is 0 Å². The van der Waals surface area contributed by atoms with E-state index in [0.29, 0.717) is 16.3 Å². The predicted octanol–water partition coefficient (Wildman–Crippen LogP) is 3.97. The Balaban J connectivity index is 1.89. The third-order valence-electron chi connectivity index (χ3n) is 4.48. The van der Waals surface area contributed by atoms with Crippen molar-refractivity contribution in [2.45, 2.75) is 24.3 Å². The Kier molecular flexibility index (Phi) is 4.81. The maximum absolute atomic E-state index is 13.3. The van der Waals surface area contributed by atoms with Gasteiger partial charge in [-0.05, 0) is 30.2 Å². The summed E-state index contributed by atoms with van der Waals surface area (Å²) in [5.41, 5.74) is 3.81. The topological polar surface area (TPSA) is 52.7 Å². The predicted molar refractivity (Wildman–Crippen MR) is 109 cm³/mol. The molecule has 4 rings (SSSR count). The molecule has 0 saturated heterocycles. The Hall–Kier alpha value is -2.86.